The number of nitrogens with zero attached hydrogens (tertiary/aromatic N) is 2. The molecular formula is C13H14F3N3. The Labute approximate surface area is 108 Å². The van der Waals surface area contributed by atoms with Crippen LogP contribution in [0.4, 0.5) is 19.0 Å². The van der Waals surface area contributed by atoms with Crippen LogP contribution in [0.1, 0.15) is 25.5 Å². The highest BCUT2D eigenvalue weighted by atomic mass is 19.4. The molecule has 0 amide bonds. The molecule has 1 heterocycles. The van der Waals surface area contributed by atoms with Gasteiger partial charge >= 0.3 is 6.18 Å². The van der Waals surface area contributed by atoms with Gasteiger partial charge in [0.25, 0.3) is 0 Å². The molecule has 0 saturated carbocycles. The van der Waals surface area contributed by atoms with Crippen molar-refractivity contribution in [3.8, 4) is 11.3 Å². The van der Waals surface area contributed by atoms with Gasteiger partial charge in [0.05, 0.1) is 11.3 Å². The van der Waals surface area contributed by atoms with E-state index in [9.17, 15) is 13.2 Å². The quantitative estimate of drug-likeness (QED) is 0.902. The van der Waals surface area contributed by atoms with Crippen LogP contribution in [0.15, 0.2) is 30.3 Å². The number of nitrogen functional groups attached to an aromatic ring is 1. The van der Waals surface area contributed by atoms with Crippen molar-refractivity contribution in [2.75, 3.05) is 5.73 Å². The van der Waals surface area contributed by atoms with Crippen LogP contribution in [0.25, 0.3) is 11.3 Å². The van der Waals surface area contributed by atoms with Gasteiger partial charge in [-0.1, -0.05) is 12.1 Å². The summed E-state index contributed by atoms with van der Waals surface area (Å²) in [6.45, 7) is 3.78. The first-order valence-corrected chi connectivity index (χ1v) is 5.81. The molecule has 1 aromatic heterocycles. The van der Waals surface area contributed by atoms with E-state index in [1.807, 2.05) is 13.8 Å². The molecule has 1 aromatic carbocycles. The van der Waals surface area contributed by atoms with Crippen molar-refractivity contribution in [2.24, 2.45) is 0 Å². The molecule has 0 fully saturated rings. The number of rotatable bonds is 2. The van der Waals surface area contributed by atoms with Gasteiger partial charge in [-0.2, -0.15) is 18.3 Å². The third-order valence-corrected chi connectivity index (χ3v) is 2.73. The van der Waals surface area contributed by atoms with Crippen LogP contribution in [0.3, 0.4) is 0 Å². The van der Waals surface area contributed by atoms with Gasteiger partial charge in [0.15, 0.2) is 0 Å². The summed E-state index contributed by atoms with van der Waals surface area (Å²) in [5, 5.41) is 4.09. The molecule has 3 nitrogen and oxygen atoms in total. The maximum absolute atomic E-state index is 12.7. The standard InChI is InChI=1S/C13H14F3N3/c1-8(2)19-11(7-12(17)18-19)9-4-3-5-10(6-9)13(14,15)16/h3-8H,1-2H3,(H2,17,18). The van der Waals surface area contributed by atoms with E-state index < -0.39 is 11.7 Å². The molecule has 2 aromatic rings. The molecule has 0 radical (unpaired) electrons. The Morgan fingerprint density at radius 1 is 1.21 bits per heavy atom. The molecule has 19 heavy (non-hydrogen) atoms. The number of benzene rings is 1. The summed E-state index contributed by atoms with van der Waals surface area (Å²) in [5.41, 5.74) is 5.98. The Hall–Kier alpha value is -1.98. The first kappa shape index (κ1) is 13.5. The molecule has 0 saturated heterocycles. The van der Waals surface area contributed by atoms with Gasteiger partial charge < -0.3 is 5.73 Å². The summed E-state index contributed by atoms with van der Waals surface area (Å²) >= 11 is 0. The van der Waals surface area contributed by atoms with E-state index in [1.54, 1.807) is 16.8 Å². The summed E-state index contributed by atoms with van der Waals surface area (Å²) in [4.78, 5) is 0. The fourth-order valence-corrected chi connectivity index (χ4v) is 1.88. The van der Waals surface area contributed by atoms with Crippen LogP contribution in [0.2, 0.25) is 0 Å². The molecule has 2 rings (SSSR count). The number of nitrogens with two attached hydrogens (primary N) is 1. The van der Waals surface area contributed by atoms with Crippen molar-refractivity contribution < 1.29 is 13.2 Å². The van der Waals surface area contributed by atoms with E-state index in [2.05, 4.69) is 5.10 Å². The monoisotopic (exact) mass is 269 g/mol. The highest BCUT2D eigenvalue weighted by Gasteiger charge is 2.30. The van der Waals surface area contributed by atoms with E-state index in [4.69, 9.17) is 5.73 Å². The van der Waals surface area contributed by atoms with Crippen LogP contribution in [0, 0.1) is 0 Å². The van der Waals surface area contributed by atoms with Crippen molar-refractivity contribution in [1.82, 2.24) is 9.78 Å². The van der Waals surface area contributed by atoms with Crippen molar-refractivity contribution in [1.29, 1.82) is 0 Å². The number of anilines is 1. The number of aromatic nitrogens is 2. The van der Waals surface area contributed by atoms with Gasteiger partial charge in [-0.15, -0.1) is 0 Å². The molecular weight excluding hydrogens is 255 g/mol. The third kappa shape index (κ3) is 2.72. The highest BCUT2D eigenvalue weighted by Crippen LogP contribution is 2.33. The van der Waals surface area contributed by atoms with E-state index in [0.717, 1.165) is 12.1 Å². The second-order valence-electron chi connectivity index (χ2n) is 4.57. The average Bonchev–Trinajstić information content (AvgIpc) is 2.71. The summed E-state index contributed by atoms with van der Waals surface area (Å²) in [6, 6.07) is 6.74. The Balaban J connectivity index is 2.54. The Kier molecular flexibility index (Phi) is 3.26. The van der Waals surface area contributed by atoms with Crippen LogP contribution >= 0.6 is 0 Å². The van der Waals surface area contributed by atoms with Gasteiger partial charge in [0.1, 0.15) is 5.82 Å². The van der Waals surface area contributed by atoms with Gasteiger partial charge in [0, 0.05) is 17.7 Å². The number of hydrogen-bond donors (Lipinski definition) is 1. The molecule has 0 atom stereocenters. The zero-order chi connectivity index (χ0) is 14.2. The van der Waals surface area contributed by atoms with E-state index in [0.29, 0.717) is 17.1 Å². The van der Waals surface area contributed by atoms with Crippen molar-refractivity contribution in [2.45, 2.75) is 26.1 Å². The van der Waals surface area contributed by atoms with Gasteiger partial charge in [-0.05, 0) is 26.0 Å². The SMILES string of the molecule is CC(C)n1nc(N)cc1-c1cccc(C(F)(F)F)c1. The van der Waals surface area contributed by atoms with Crippen LogP contribution < -0.4 is 5.73 Å². The topological polar surface area (TPSA) is 43.8 Å². The lowest BCUT2D eigenvalue weighted by Crippen LogP contribution is -2.07. The second kappa shape index (κ2) is 4.60. The largest absolute Gasteiger partial charge is 0.416 e. The van der Waals surface area contributed by atoms with E-state index >= 15 is 0 Å². The molecule has 0 aliphatic heterocycles. The van der Waals surface area contributed by atoms with Crippen LogP contribution in [0.5, 0.6) is 0 Å². The van der Waals surface area contributed by atoms with Gasteiger partial charge in [-0.3, -0.25) is 4.68 Å². The molecule has 0 aliphatic carbocycles. The number of hydrogen-bond acceptors (Lipinski definition) is 2. The van der Waals surface area contributed by atoms with Crippen molar-refractivity contribution in [3.63, 3.8) is 0 Å². The lowest BCUT2D eigenvalue weighted by Gasteiger charge is -2.12. The molecule has 2 N–H and O–H groups in total. The first-order valence-electron chi connectivity index (χ1n) is 5.81. The lowest BCUT2D eigenvalue weighted by molar-refractivity contribution is -0.137. The molecule has 0 bridgehead atoms. The summed E-state index contributed by atoms with van der Waals surface area (Å²) < 4.78 is 39.7. The van der Waals surface area contributed by atoms with E-state index in [-0.39, 0.29) is 6.04 Å². The molecule has 6 heteroatoms. The number of alkyl halides is 3. The Morgan fingerprint density at radius 2 is 1.89 bits per heavy atom. The first-order chi connectivity index (χ1) is 8.79. The van der Waals surface area contributed by atoms with Crippen molar-refractivity contribution >= 4 is 5.82 Å². The predicted molar refractivity (Wildman–Crippen MR) is 67.5 cm³/mol. The van der Waals surface area contributed by atoms with Crippen LogP contribution in [-0.2, 0) is 6.18 Å². The van der Waals surface area contributed by atoms with Gasteiger partial charge in [-0.25, -0.2) is 0 Å². The summed E-state index contributed by atoms with van der Waals surface area (Å²) in [5.74, 6) is 0.293. The maximum atomic E-state index is 12.7. The fourth-order valence-electron chi connectivity index (χ4n) is 1.88. The summed E-state index contributed by atoms with van der Waals surface area (Å²) in [6.07, 6.45) is -4.36. The maximum Gasteiger partial charge on any atom is 0.416 e. The zero-order valence-corrected chi connectivity index (χ0v) is 10.6. The molecule has 102 valence electrons. The third-order valence-electron chi connectivity index (χ3n) is 2.73. The fraction of sp³-hybridized carbons (Fsp3) is 0.308. The zero-order valence-electron chi connectivity index (χ0n) is 10.6. The predicted octanol–water partition coefficient (Wildman–Crippen LogP) is 3.73. The van der Waals surface area contributed by atoms with E-state index in [1.165, 1.54) is 6.07 Å². The Morgan fingerprint density at radius 3 is 2.47 bits per heavy atom. The molecule has 0 spiro atoms. The summed E-state index contributed by atoms with van der Waals surface area (Å²) in [7, 11) is 0. The van der Waals surface area contributed by atoms with Gasteiger partial charge in [0.2, 0.25) is 0 Å². The lowest BCUT2D eigenvalue weighted by atomic mass is 10.1. The number of halogens is 3. The minimum absolute atomic E-state index is 0.0156. The Bertz CT molecular complexity index is 585. The highest BCUT2D eigenvalue weighted by molar-refractivity contribution is 5.64. The molecule has 0 unspecified atom stereocenters. The average molecular weight is 269 g/mol. The van der Waals surface area contributed by atoms with Crippen LogP contribution in [-0.4, -0.2) is 9.78 Å². The second-order valence-corrected chi connectivity index (χ2v) is 4.57. The van der Waals surface area contributed by atoms with Crippen molar-refractivity contribution in [3.05, 3.63) is 35.9 Å². The normalized spacial score (nSPS) is 12.1. The smallest absolute Gasteiger partial charge is 0.382 e. The minimum Gasteiger partial charge on any atom is -0.382 e. The molecule has 0 aliphatic rings. The minimum atomic E-state index is -4.36.